The monoisotopic (exact) mass is 346 g/mol. The van der Waals surface area contributed by atoms with E-state index in [1.807, 2.05) is 19.0 Å². The Bertz CT molecular complexity index is 609. The highest BCUT2D eigenvalue weighted by atomic mass is 32.2. The van der Waals surface area contributed by atoms with Gasteiger partial charge in [0, 0.05) is 18.7 Å². The zero-order valence-electron chi connectivity index (χ0n) is 13.6. The van der Waals surface area contributed by atoms with E-state index in [1.165, 1.54) is 6.42 Å². The van der Waals surface area contributed by atoms with E-state index in [9.17, 15) is 17.2 Å². The van der Waals surface area contributed by atoms with Crippen molar-refractivity contribution >= 4 is 10.0 Å². The molecule has 2 rings (SSSR count). The molecule has 0 saturated heterocycles. The first-order valence-electron chi connectivity index (χ1n) is 7.92. The third-order valence-electron chi connectivity index (χ3n) is 4.49. The molecule has 7 heteroatoms. The van der Waals surface area contributed by atoms with E-state index < -0.39 is 21.7 Å². The third kappa shape index (κ3) is 4.96. The Morgan fingerprint density at radius 1 is 1.13 bits per heavy atom. The normalized spacial score (nSPS) is 18.3. The molecule has 1 saturated carbocycles. The van der Waals surface area contributed by atoms with Crippen molar-refractivity contribution < 1.29 is 17.2 Å². The van der Waals surface area contributed by atoms with Crippen LogP contribution in [0.25, 0.3) is 0 Å². The maximum Gasteiger partial charge on any atom is 0.240 e. The van der Waals surface area contributed by atoms with Crippen molar-refractivity contribution in [1.82, 2.24) is 9.62 Å². The summed E-state index contributed by atoms with van der Waals surface area (Å²) in [5.74, 6) is -1.37. The summed E-state index contributed by atoms with van der Waals surface area (Å²) in [5, 5.41) is 0. The summed E-state index contributed by atoms with van der Waals surface area (Å²) in [6.07, 6.45) is 5.72. The highest BCUT2D eigenvalue weighted by molar-refractivity contribution is 7.89. The van der Waals surface area contributed by atoms with Crippen molar-refractivity contribution in [3.05, 3.63) is 29.8 Å². The molecule has 1 atom stereocenters. The number of sulfonamides is 1. The molecule has 1 aromatic rings. The van der Waals surface area contributed by atoms with Gasteiger partial charge in [0.05, 0.1) is 4.90 Å². The SMILES string of the molecule is CN(C)[C@@H](CNS(=O)(=O)c1cc(F)cc(F)c1)C1CCCCC1. The summed E-state index contributed by atoms with van der Waals surface area (Å²) < 4.78 is 53.5. The number of nitrogens with zero attached hydrogens (tertiary/aromatic N) is 1. The predicted molar refractivity (Wildman–Crippen MR) is 85.6 cm³/mol. The maximum atomic E-state index is 13.2. The van der Waals surface area contributed by atoms with Gasteiger partial charge in [0.1, 0.15) is 11.6 Å². The van der Waals surface area contributed by atoms with Crippen molar-refractivity contribution in [2.45, 2.75) is 43.0 Å². The first kappa shape index (κ1) is 18.3. The molecule has 0 amide bonds. The molecule has 23 heavy (non-hydrogen) atoms. The molecular weight excluding hydrogens is 322 g/mol. The second kappa shape index (κ2) is 7.68. The topological polar surface area (TPSA) is 49.4 Å². The first-order valence-corrected chi connectivity index (χ1v) is 9.40. The molecule has 0 bridgehead atoms. The van der Waals surface area contributed by atoms with Gasteiger partial charge in [-0.05, 0) is 45.0 Å². The molecule has 4 nitrogen and oxygen atoms in total. The lowest BCUT2D eigenvalue weighted by molar-refractivity contribution is 0.172. The Morgan fingerprint density at radius 2 is 1.70 bits per heavy atom. The van der Waals surface area contributed by atoms with Crippen molar-refractivity contribution in [3.63, 3.8) is 0 Å². The van der Waals surface area contributed by atoms with Crippen LogP contribution in [0, 0.1) is 17.6 Å². The molecule has 1 N–H and O–H groups in total. The second-order valence-corrected chi connectivity index (χ2v) is 8.15. The van der Waals surface area contributed by atoms with Gasteiger partial charge < -0.3 is 4.90 Å². The van der Waals surface area contributed by atoms with Crippen molar-refractivity contribution in [1.29, 1.82) is 0 Å². The van der Waals surface area contributed by atoms with Crippen LogP contribution in [0.3, 0.4) is 0 Å². The van der Waals surface area contributed by atoms with Crippen LogP contribution in [0.15, 0.2) is 23.1 Å². The molecule has 0 aliphatic heterocycles. The van der Waals surface area contributed by atoms with Crippen LogP contribution in [0.4, 0.5) is 8.78 Å². The molecule has 1 aliphatic rings. The Kier molecular flexibility index (Phi) is 6.11. The minimum absolute atomic E-state index is 0.0727. The van der Waals surface area contributed by atoms with E-state index in [1.54, 1.807) is 0 Å². The first-order chi connectivity index (χ1) is 10.8. The zero-order chi connectivity index (χ0) is 17.0. The number of halogens is 2. The van der Waals surface area contributed by atoms with E-state index in [0.29, 0.717) is 12.0 Å². The van der Waals surface area contributed by atoms with E-state index in [4.69, 9.17) is 0 Å². The van der Waals surface area contributed by atoms with Crippen LogP contribution in [-0.4, -0.2) is 40.0 Å². The van der Waals surface area contributed by atoms with Gasteiger partial charge >= 0.3 is 0 Å². The van der Waals surface area contributed by atoms with Crippen molar-refractivity contribution in [2.24, 2.45) is 5.92 Å². The zero-order valence-corrected chi connectivity index (χ0v) is 14.4. The number of hydrogen-bond donors (Lipinski definition) is 1. The van der Waals surface area contributed by atoms with E-state index in [-0.39, 0.29) is 17.5 Å². The summed E-state index contributed by atoms with van der Waals surface area (Å²) in [6.45, 7) is 0.234. The Hall–Kier alpha value is -1.05. The van der Waals surface area contributed by atoms with Crippen LogP contribution in [-0.2, 0) is 10.0 Å². The Labute approximate surface area is 136 Å². The average molecular weight is 346 g/mol. The summed E-state index contributed by atoms with van der Waals surface area (Å²) in [4.78, 5) is 1.64. The smallest absolute Gasteiger partial charge is 0.240 e. The Balaban J connectivity index is 2.09. The van der Waals surface area contributed by atoms with Gasteiger partial charge in [0.2, 0.25) is 10.0 Å². The van der Waals surface area contributed by atoms with E-state index >= 15 is 0 Å². The van der Waals surface area contributed by atoms with Gasteiger partial charge in [-0.15, -0.1) is 0 Å². The molecule has 1 aliphatic carbocycles. The molecule has 1 aromatic carbocycles. The summed E-state index contributed by atoms with van der Waals surface area (Å²) in [5.41, 5.74) is 0. The number of rotatable bonds is 6. The lowest BCUT2D eigenvalue weighted by Gasteiger charge is -2.34. The average Bonchev–Trinajstić information content (AvgIpc) is 2.47. The van der Waals surface area contributed by atoms with Gasteiger partial charge in [-0.25, -0.2) is 21.9 Å². The van der Waals surface area contributed by atoms with Gasteiger partial charge in [-0.3, -0.25) is 0 Å². The lowest BCUT2D eigenvalue weighted by atomic mass is 9.83. The molecule has 130 valence electrons. The van der Waals surface area contributed by atoms with Crippen molar-refractivity contribution in [3.8, 4) is 0 Å². The molecule has 0 spiro atoms. The van der Waals surface area contributed by atoms with Gasteiger partial charge in [0.15, 0.2) is 0 Å². The largest absolute Gasteiger partial charge is 0.305 e. The van der Waals surface area contributed by atoms with E-state index in [2.05, 4.69) is 4.72 Å². The Morgan fingerprint density at radius 3 is 2.22 bits per heavy atom. The highest BCUT2D eigenvalue weighted by Gasteiger charge is 2.27. The van der Waals surface area contributed by atoms with Crippen LogP contribution >= 0.6 is 0 Å². The predicted octanol–water partition coefficient (Wildman–Crippen LogP) is 2.75. The van der Waals surface area contributed by atoms with Crippen molar-refractivity contribution in [2.75, 3.05) is 20.6 Å². The minimum atomic E-state index is -3.93. The number of hydrogen-bond acceptors (Lipinski definition) is 3. The second-order valence-electron chi connectivity index (χ2n) is 6.39. The van der Waals surface area contributed by atoms with Crippen LogP contribution in [0.1, 0.15) is 32.1 Å². The van der Waals surface area contributed by atoms with Crippen LogP contribution in [0.5, 0.6) is 0 Å². The highest BCUT2D eigenvalue weighted by Crippen LogP contribution is 2.28. The molecular formula is C16H24F2N2O2S. The lowest BCUT2D eigenvalue weighted by Crippen LogP contribution is -2.45. The third-order valence-corrected chi connectivity index (χ3v) is 5.89. The molecule has 0 aromatic heterocycles. The van der Waals surface area contributed by atoms with E-state index in [0.717, 1.165) is 37.8 Å². The molecule has 0 radical (unpaired) electrons. The molecule has 1 fully saturated rings. The summed E-state index contributed by atoms with van der Waals surface area (Å²) in [6, 6.07) is 2.39. The fourth-order valence-corrected chi connectivity index (χ4v) is 4.34. The fourth-order valence-electron chi connectivity index (χ4n) is 3.25. The van der Waals surface area contributed by atoms with Crippen LogP contribution in [0.2, 0.25) is 0 Å². The quantitative estimate of drug-likeness (QED) is 0.862. The standard InChI is InChI=1S/C16H24F2N2O2S/c1-20(2)16(12-6-4-3-5-7-12)11-19-23(21,22)15-9-13(17)8-14(18)10-15/h8-10,12,16,19H,3-7,11H2,1-2H3/t16-/m0/s1. The molecule has 0 unspecified atom stereocenters. The fraction of sp³-hybridized carbons (Fsp3) is 0.625. The summed E-state index contributed by atoms with van der Waals surface area (Å²) in [7, 11) is -0.0772. The minimum Gasteiger partial charge on any atom is -0.305 e. The number of likely N-dealkylation sites (N-methyl/N-ethyl adjacent to an activating group) is 1. The van der Waals surface area contributed by atoms with Crippen LogP contribution < -0.4 is 4.72 Å². The maximum absolute atomic E-state index is 13.2. The summed E-state index contributed by atoms with van der Waals surface area (Å²) >= 11 is 0. The molecule has 0 heterocycles. The number of benzene rings is 1. The van der Waals surface area contributed by atoms with Gasteiger partial charge in [-0.1, -0.05) is 19.3 Å². The van der Waals surface area contributed by atoms with Gasteiger partial charge in [0.25, 0.3) is 0 Å². The van der Waals surface area contributed by atoms with Gasteiger partial charge in [-0.2, -0.15) is 0 Å². The number of nitrogens with one attached hydrogen (secondary N) is 1.